The first kappa shape index (κ1) is 15.6. The van der Waals surface area contributed by atoms with Crippen molar-refractivity contribution in [2.45, 2.75) is 13.0 Å². The van der Waals surface area contributed by atoms with Gasteiger partial charge in [0.1, 0.15) is 12.4 Å². The molecular weight excluding hydrogens is 308 g/mol. The van der Waals surface area contributed by atoms with E-state index in [9.17, 15) is 17.6 Å². The predicted molar refractivity (Wildman–Crippen MR) is 64.3 cm³/mol. The van der Waals surface area contributed by atoms with Crippen molar-refractivity contribution >= 4 is 5.82 Å². The standard InChI is InChI=1S/C12H8F4N4O2/c13-9-5-18-11(19-10(9)20-17)21-6-7-2-1-3-8(4-7)22-12(14,15)16/h1-5,17H,6H2. The Morgan fingerprint density at radius 3 is 2.73 bits per heavy atom. The molecule has 1 heterocycles. The van der Waals surface area contributed by atoms with Crippen LogP contribution in [0.15, 0.2) is 35.6 Å². The fourth-order valence-corrected chi connectivity index (χ4v) is 1.47. The number of hydrogen-bond donors (Lipinski definition) is 1. The van der Waals surface area contributed by atoms with E-state index in [4.69, 9.17) is 10.3 Å². The number of benzene rings is 1. The van der Waals surface area contributed by atoms with Crippen LogP contribution in [-0.4, -0.2) is 16.3 Å². The van der Waals surface area contributed by atoms with Crippen molar-refractivity contribution in [1.82, 2.24) is 9.97 Å². The molecular formula is C12H8F4N4O2. The minimum absolute atomic E-state index is 0.169. The van der Waals surface area contributed by atoms with Crippen LogP contribution >= 0.6 is 0 Å². The Bertz CT molecular complexity index is 678. The average Bonchev–Trinajstić information content (AvgIpc) is 2.45. The number of ether oxygens (including phenoxy) is 2. The summed E-state index contributed by atoms with van der Waals surface area (Å²) in [5, 5.41) is 2.84. The van der Waals surface area contributed by atoms with Crippen molar-refractivity contribution in [3.8, 4) is 11.8 Å². The second-order valence-electron chi connectivity index (χ2n) is 3.92. The number of aromatic nitrogens is 2. The Morgan fingerprint density at radius 1 is 1.27 bits per heavy atom. The van der Waals surface area contributed by atoms with Gasteiger partial charge in [-0.1, -0.05) is 12.1 Å². The maximum Gasteiger partial charge on any atom is 0.573 e. The van der Waals surface area contributed by atoms with Crippen molar-refractivity contribution in [3.63, 3.8) is 0 Å². The van der Waals surface area contributed by atoms with Crippen LogP contribution in [0.4, 0.5) is 23.4 Å². The summed E-state index contributed by atoms with van der Waals surface area (Å²) in [5.74, 6) is -1.78. The summed E-state index contributed by atoms with van der Waals surface area (Å²) in [6, 6.07) is 4.88. The summed E-state index contributed by atoms with van der Waals surface area (Å²) >= 11 is 0. The van der Waals surface area contributed by atoms with Gasteiger partial charge in [0.2, 0.25) is 5.82 Å². The van der Waals surface area contributed by atoms with Crippen LogP contribution in [0.1, 0.15) is 5.56 Å². The van der Waals surface area contributed by atoms with Gasteiger partial charge >= 0.3 is 12.4 Å². The lowest BCUT2D eigenvalue weighted by Gasteiger charge is -2.10. The Kier molecular flexibility index (Phi) is 4.49. The summed E-state index contributed by atoms with van der Waals surface area (Å²) in [4.78, 5) is 7.03. The number of nitrogens with one attached hydrogen (secondary N) is 1. The summed E-state index contributed by atoms with van der Waals surface area (Å²) in [6.07, 6.45) is -4.01. The lowest BCUT2D eigenvalue weighted by atomic mass is 10.2. The molecule has 1 aromatic carbocycles. The average molecular weight is 316 g/mol. The van der Waals surface area contributed by atoms with Gasteiger partial charge in [0.05, 0.1) is 6.20 Å². The van der Waals surface area contributed by atoms with E-state index in [2.05, 4.69) is 19.8 Å². The number of rotatable bonds is 5. The van der Waals surface area contributed by atoms with Gasteiger partial charge in [-0.15, -0.1) is 18.3 Å². The lowest BCUT2D eigenvalue weighted by molar-refractivity contribution is -0.274. The highest BCUT2D eigenvalue weighted by Crippen LogP contribution is 2.24. The monoisotopic (exact) mass is 316 g/mol. The Hall–Kier alpha value is -2.78. The van der Waals surface area contributed by atoms with Crippen LogP contribution in [0.2, 0.25) is 0 Å². The number of nitrogens with zero attached hydrogens (tertiary/aromatic N) is 3. The van der Waals surface area contributed by atoms with Crippen LogP contribution in [0.3, 0.4) is 0 Å². The van der Waals surface area contributed by atoms with Gasteiger partial charge in [-0.3, -0.25) is 0 Å². The SMILES string of the molecule is N=Nc1nc(OCc2cccc(OC(F)(F)F)c2)ncc1F. The molecule has 0 fully saturated rings. The summed E-state index contributed by atoms with van der Waals surface area (Å²) in [7, 11) is 0. The molecule has 0 aliphatic rings. The van der Waals surface area contributed by atoms with E-state index in [0.717, 1.165) is 18.3 Å². The minimum atomic E-state index is -4.79. The third-order valence-corrected chi connectivity index (χ3v) is 2.31. The molecule has 0 bridgehead atoms. The van der Waals surface area contributed by atoms with Gasteiger partial charge in [0, 0.05) is 0 Å². The largest absolute Gasteiger partial charge is 0.573 e. The van der Waals surface area contributed by atoms with Crippen molar-refractivity contribution in [1.29, 1.82) is 5.53 Å². The highest BCUT2D eigenvalue weighted by atomic mass is 19.4. The molecule has 0 aliphatic heterocycles. The smallest absolute Gasteiger partial charge is 0.459 e. The zero-order valence-corrected chi connectivity index (χ0v) is 10.8. The van der Waals surface area contributed by atoms with Crippen LogP contribution in [0, 0.1) is 11.3 Å². The van der Waals surface area contributed by atoms with Gasteiger partial charge in [-0.2, -0.15) is 4.98 Å². The molecule has 2 aromatic rings. The van der Waals surface area contributed by atoms with Gasteiger partial charge in [-0.05, 0) is 17.7 Å². The predicted octanol–water partition coefficient (Wildman–Crippen LogP) is 3.76. The van der Waals surface area contributed by atoms with Gasteiger partial charge in [0.15, 0.2) is 5.82 Å². The molecule has 10 heteroatoms. The molecule has 22 heavy (non-hydrogen) atoms. The Labute approximate surface area is 121 Å². The first-order valence-corrected chi connectivity index (χ1v) is 5.75. The number of alkyl halides is 3. The third kappa shape index (κ3) is 4.36. The van der Waals surface area contributed by atoms with E-state index in [-0.39, 0.29) is 12.6 Å². The van der Waals surface area contributed by atoms with Crippen LogP contribution < -0.4 is 9.47 Å². The van der Waals surface area contributed by atoms with Crippen molar-refractivity contribution in [3.05, 3.63) is 41.8 Å². The molecule has 2 rings (SSSR count). The topological polar surface area (TPSA) is 80.5 Å². The van der Waals surface area contributed by atoms with Crippen molar-refractivity contribution in [2.24, 2.45) is 5.11 Å². The molecule has 1 aromatic heterocycles. The molecule has 0 saturated carbocycles. The third-order valence-electron chi connectivity index (χ3n) is 2.31. The van der Waals surface area contributed by atoms with E-state index in [1.165, 1.54) is 12.1 Å². The molecule has 116 valence electrons. The molecule has 6 nitrogen and oxygen atoms in total. The zero-order valence-electron chi connectivity index (χ0n) is 10.8. The quantitative estimate of drug-likeness (QED) is 0.673. The second-order valence-corrected chi connectivity index (χ2v) is 3.92. The maximum absolute atomic E-state index is 13.0. The van der Waals surface area contributed by atoms with Gasteiger partial charge in [0.25, 0.3) is 0 Å². The van der Waals surface area contributed by atoms with Crippen LogP contribution in [0.25, 0.3) is 0 Å². The second kappa shape index (κ2) is 6.33. The highest BCUT2D eigenvalue weighted by Gasteiger charge is 2.31. The molecule has 0 saturated heterocycles. The van der Waals surface area contributed by atoms with E-state index in [1.807, 2.05) is 0 Å². The number of hydrogen-bond acceptors (Lipinski definition) is 6. The number of halogens is 4. The minimum Gasteiger partial charge on any atom is -0.459 e. The molecule has 0 amide bonds. The van der Waals surface area contributed by atoms with Gasteiger partial charge in [-0.25, -0.2) is 14.9 Å². The van der Waals surface area contributed by atoms with E-state index in [0.29, 0.717) is 5.56 Å². The van der Waals surface area contributed by atoms with Crippen LogP contribution in [-0.2, 0) is 6.61 Å². The van der Waals surface area contributed by atoms with Crippen molar-refractivity contribution in [2.75, 3.05) is 0 Å². The maximum atomic E-state index is 13.0. The molecule has 0 unspecified atom stereocenters. The summed E-state index contributed by atoms with van der Waals surface area (Å²) in [5.41, 5.74) is 7.07. The lowest BCUT2D eigenvalue weighted by Crippen LogP contribution is -2.17. The van der Waals surface area contributed by atoms with E-state index in [1.54, 1.807) is 0 Å². The first-order chi connectivity index (χ1) is 10.4. The van der Waals surface area contributed by atoms with Crippen molar-refractivity contribution < 1.29 is 27.0 Å². The fraction of sp³-hybridized carbons (Fsp3) is 0.167. The first-order valence-electron chi connectivity index (χ1n) is 5.75. The van der Waals surface area contributed by atoms with Gasteiger partial charge < -0.3 is 9.47 Å². The Balaban J connectivity index is 2.05. The molecule has 0 atom stereocenters. The zero-order chi connectivity index (χ0) is 16.2. The van der Waals surface area contributed by atoms with E-state index < -0.39 is 23.7 Å². The molecule has 0 spiro atoms. The normalized spacial score (nSPS) is 11.1. The fourth-order valence-electron chi connectivity index (χ4n) is 1.47. The summed E-state index contributed by atoms with van der Waals surface area (Å²) < 4.78 is 58.2. The summed E-state index contributed by atoms with van der Waals surface area (Å²) in [6.45, 7) is -0.169. The molecule has 1 N–H and O–H groups in total. The molecule has 0 aliphatic carbocycles. The van der Waals surface area contributed by atoms with E-state index >= 15 is 0 Å². The highest BCUT2D eigenvalue weighted by molar-refractivity contribution is 5.29. The van der Waals surface area contributed by atoms with Crippen LogP contribution in [0.5, 0.6) is 11.8 Å². The molecule has 0 radical (unpaired) electrons. The Morgan fingerprint density at radius 2 is 2.05 bits per heavy atom.